The Morgan fingerprint density at radius 1 is 0.842 bits per heavy atom. The molecule has 0 bridgehead atoms. The van der Waals surface area contributed by atoms with Gasteiger partial charge in [-0.3, -0.25) is 0 Å². The first-order valence-electron chi connectivity index (χ1n) is 12.5. The Morgan fingerprint density at radius 2 is 1.47 bits per heavy atom. The Bertz CT molecular complexity index is 1230. The van der Waals surface area contributed by atoms with Crippen molar-refractivity contribution in [3.8, 4) is 11.1 Å². The van der Waals surface area contributed by atoms with Crippen LogP contribution in [0.25, 0.3) is 11.1 Å². The fourth-order valence-corrected chi connectivity index (χ4v) is 4.52. The Kier molecular flexibility index (Phi) is 8.81. The number of amides is 2. The van der Waals surface area contributed by atoms with Gasteiger partial charge >= 0.3 is 18.2 Å². The van der Waals surface area contributed by atoms with Crippen molar-refractivity contribution in [3.63, 3.8) is 0 Å². The predicted molar refractivity (Wildman–Crippen MR) is 143 cm³/mol. The summed E-state index contributed by atoms with van der Waals surface area (Å²) in [6, 6.07) is 21.9. The number of nitrogens with two attached hydrogens (primary N) is 1. The molecule has 0 radical (unpaired) electrons. The molecule has 3 aromatic carbocycles. The number of fused-ring (bicyclic) bond motifs is 3. The number of ether oxygens (including phenoxy) is 2. The third kappa shape index (κ3) is 6.82. The number of aliphatic carboxylic acids is 1. The standard InChI is InChI=1S/C29H31N3O6/c30-20-14-12-19(13-15-20)17-37-28(35)31-16-6-5-11-26(27(33)34)32-29(36)38-18-25-23-9-3-1-7-21(23)22-8-2-4-10-24(22)25/h1-4,7-10,12-15,25-26H,5-6,11,16-18,30H2,(H,31,35)(H,32,36)(H,33,34)/t26-/m0/s1. The van der Waals surface area contributed by atoms with Gasteiger partial charge in [-0.1, -0.05) is 60.7 Å². The molecule has 0 saturated carbocycles. The zero-order valence-electron chi connectivity index (χ0n) is 20.9. The van der Waals surface area contributed by atoms with Crippen LogP contribution in [0.2, 0.25) is 0 Å². The van der Waals surface area contributed by atoms with Gasteiger partial charge in [-0.25, -0.2) is 14.4 Å². The highest BCUT2D eigenvalue weighted by molar-refractivity contribution is 5.81. The molecular weight excluding hydrogens is 486 g/mol. The van der Waals surface area contributed by atoms with Crippen molar-refractivity contribution in [2.24, 2.45) is 0 Å². The number of anilines is 1. The molecule has 1 aliphatic rings. The molecule has 1 aliphatic carbocycles. The van der Waals surface area contributed by atoms with Crippen LogP contribution < -0.4 is 16.4 Å². The number of hydrogen-bond acceptors (Lipinski definition) is 6. The summed E-state index contributed by atoms with van der Waals surface area (Å²) in [5.74, 6) is -1.25. The number of alkyl carbamates (subject to hydrolysis) is 2. The van der Waals surface area contributed by atoms with E-state index in [1.165, 1.54) is 0 Å². The number of nitrogen functional groups attached to an aromatic ring is 1. The van der Waals surface area contributed by atoms with Crippen molar-refractivity contribution >= 4 is 23.8 Å². The number of benzene rings is 3. The second-order valence-electron chi connectivity index (χ2n) is 9.10. The van der Waals surface area contributed by atoms with Crippen LogP contribution in [0.15, 0.2) is 72.8 Å². The predicted octanol–water partition coefficient (Wildman–Crippen LogP) is 4.66. The minimum atomic E-state index is -1.14. The molecule has 0 spiro atoms. The van der Waals surface area contributed by atoms with Gasteiger partial charge in [0.2, 0.25) is 0 Å². The number of hydrogen-bond donors (Lipinski definition) is 4. The monoisotopic (exact) mass is 517 g/mol. The lowest BCUT2D eigenvalue weighted by molar-refractivity contribution is -0.139. The van der Waals surface area contributed by atoms with Crippen molar-refractivity contribution in [1.29, 1.82) is 0 Å². The van der Waals surface area contributed by atoms with Crippen LogP contribution in [0.1, 0.15) is 41.9 Å². The van der Waals surface area contributed by atoms with Crippen LogP contribution >= 0.6 is 0 Å². The first kappa shape index (κ1) is 26.5. The molecule has 1 atom stereocenters. The van der Waals surface area contributed by atoms with Crippen molar-refractivity contribution in [1.82, 2.24) is 10.6 Å². The van der Waals surface area contributed by atoms with Gasteiger partial charge in [0.25, 0.3) is 0 Å². The second-order valence-corrected chi connectivity index (χ2v) is 9.10. The molecule has 0 saturated heterocycles. The molecule has 5 N–H and O–H groups in total. The zero-order chi connectivity index (χ0) is 26.9. The van der Waals surface area contributed by atoms with Crippen LogP contribution in [0.3, 0.4) is 0 Å². The van der Waals surface area contributed by atoms with E-state index in [1.54, 1.807) is 24.3 Å². The summed E-state index contributed by atoms with van der Waals surface area (Å²) in [4.78, 5) is 36.0. The summed E-state index contributed by atoms with van der Waals surface area (Å²) in [6.07, 6.45) is -0.148. The molecule has 2 amide bonds. The molecular formula is C29H31N3O6. The van der Waals surface area contributed by atoms with E-state index < -0.39 is 24.2 Å². The lowest BCUT2D eigenvalue weighted by atomic mass is 9.98. The van der Waals surface area contributed by atoms with Gasteiger partial charge in [0, 0.05) is 18.2 Å². The topological polar surface area (TPSA) is 140 Å². The summed E-state index contributed by atoms with van der Waals surface area (Å²) in [5.41, 5.74) is 11.5. The highest BCUT2D eigenvalue weighted by Gasteiger charge is 2.29. The Balaban J connectivity index is 1.17. The molecule has 3 aromatic rings. The minimum absolute atomic E-state index is 0.106. The molecule has 0 unspecified atom stereocenters. The highest BCUT2D eigenvalue weighted by Crippen LogP contribution is 2.44. The SMILES string of the molecule is Nc1ccc(COC(=O)NCCCC[C@H](NC(=O)OCC2c3ccccc3-c3ccccc32)C(=O)O)cc1. The van der Waals surface area contributed by atoms with Gasteiger partial charge in [0.15, 0.2) is 0 Å². The van der Waals surface area contributed by atoms with Crippen LogP contribution in [0.4, 0.5) is 15.3 Å². The average molecular weight is 518 g/mol. The summed E-state index contributed by atoms with van der Waals surface area (Å²) < 4.78 is 10.6. The zero-order valence-corrected chi connectivity index (χ0v) is 20.9. The third-order valence-electron chi connectivity index (χ3n) is 6.47. The molecule has 198 valence electrons. The second kappa shape index (κ2) is 12.6. The van der Waals surface area contributed by atoms with Gasteiger partial charge < -0.3 is 30.9 Å². The van der Waals surface area contributed by atoms with E-state index in [1.807, 2.05) is 48.5 Å². The van der Waals surface area contributed by atoms with Gasteiger partial charge in [0.05, 0.1) is 0 Å². The summed E-state index contributed by atoms with van der Waals surface area (Å²) in [7, 11) is 0. The third-order valence-corrected chi connectivity index (χ3v) is 6.47. The van der Waals surface area contributed by atoms with E-state index in [4.69, 9.17) is 15.2 Å². The maximum absolute atomic E-state index is 12.4. The maximum Gasteiger partial charge on any atom is 0.407 e. The first-order chi connectivity index (χ1) is 18.4. The van der Waals surface area contributed by atoms with E-state index in [9.17, 15) is 19.5 Å². The molecule has 9 heteroatoms. The van der Waals surface area contributed by atoms with Crippen molar-refractivity contribution in [3.05, 3.63) is 89.5 Å². The molecule has 38 heavy (non-hydrogen) atoms. The fraction of sp³-hybridized carbons (Fsp3) is 0.276. The van der Waals surface area contributed by atoms with Crippen LogP contribution in [0, 0.1) is 0 Å². The maximum atomic E-state index is 12.4. The van der Waals surface area contributed by atoms with Crippen LogP contribution in [0.5, 0.6) is 0 Å². The molecule has 0 aliphatic heterocycles. The van der Waals surface area contributed by atoms with Crippen molar-refractivity contribution in [2.75, 3.05) is 18.9 Å². The number of unbranched alkanes of at least 4 members (excludes halogenated alkanes) is 1. The van der Waals surface area contributed by atoms with E-state index >= 15 is 0 Å². The van der Waals surface area contributed by atoms with Crippen LogP contribution in [-0.4, -0.2) is 42.5 Å². The Hall–Kier alpha value is -4.53. The molecule has 4 rings (SSSR count). The number of carboxylic acid groups (broad SMARTS) is 1. The number of carbonyl (C=O) groups is 3. The minimum Gasteiger partial charge on any atom is -0.480 e. The number of nitrogens with one attached hydrogen (secondary N) is 2. The highest BCUT2D eigenvalue weighted by atomic mass is 16.6. The number of carbonyl (C=O) groups excluding carboxylic acids is 2. The molecule has 0 aromatic heterocycles. The van der Waals surface area contributed by atoms with Crippen molar-refractivity contribution < 1.29 is 29.0 Å². The number of rotatable bonds is 11. The average Bonchev–Trinajstić information content (AvgIpc) is 3.24. The van der Waals surface area contributed by atoms with E-state index in [0.717, 1.165) is 27.8 Å². The summed E-state index contributed by atoms with van der Waals surface area (Å²) in [5, 5.41) is 14.6. The van der Waals surface area contributed by atoms with E-state index in [0.29, 0.717) is 25.1 Å². The Labute approximate surface area is 220 Å². The summed E-state index contributed by atoms with van der Waals surface area (Å²) in [6.45, 7) is 0.545. The van der Waals surface area contributed by atoms with E-state index in [-0.39, 0.29) is 25.6 Å². The van der Waals surface area contributed by atoms with Crippen LogP contribution in [-0.2, 0) is 20.9 Å². The molecule has 9 nitrogen and oxygen atoms in total. The fourth-order valence-electron chi connectivity index (χ4n) is 4.52. The summed E-state index contributed by atoms with van der Waals surface area (Å²) >= 11 is 0. The van der Waals surface area contributed by atoms with Gasteiger partial charge in [-0.2, -0.15) is 0 Å². The first-order valence-corrected chi connectivity index (χ1v) is 12.5. The smallest absolute Gasteiger partial charge is 0.407 e. The Morgan fingerprint density at radius 3 is 2.11 bits per heavy atom. The lowest BCUT2D eigenvalue weighted by Crippen LogP contribution is -2.41. The molecule has 0 heterocycles. The van der Waals surface area contributed by atoms with Gasteiger partial charge in [-0.05, 0) is 59.2 Å². The quantitative estimate of drug-likeness (QED) is 0.214. The lowest BCUT2D eigenvalue weighted by Gasteiger charge is -2.17. The van der Waals surface area contributed by atoms with Crippen molar-refractivity contribution in [2.45, 2.75) is 37.8 Å². The largest absolute Gasteiger partial charge is 0.480 e. The number of carboxylic acids is 1. The van der Waals surface area contributed by atoms with Gasteiger partial charge in [0.1, 0.15) is 19.3 Å². The normalized spacial score (nSPS) is 12.6. The van der Waals surface area contributed by atoms with Gasteiger partial charge in [-0.15, -0.1) is 0 Å². The van der Waals surface area contributed by atoms with E-state index in [2.05, 4.69) is 10.6 Å². The molecule has 0 fully saturated rings.